The van der Waals surface area contributed by atoms with Gasteiger partial charge < -0.3 is 10.6 Å². The van der Waals surface area contributed by atoms with E-state index in [0.29, 0.717) is 17.1 Å². The van der Waals surface area contributed by atoms with Crippen molar-refractivity contribution in [1.82, 2.24) is 15.2 Å². The number of carbonyl (C=O) groups is 1. The number of aryl methyl sites for hydroxylation is 1. The van der Waals surface area contributed by atoms with Crippen molar-refractivity contribution in [2.24, 2.45) is 0 Å². The third-order valence-electron chi connectivity index (χ3n) is 5.26. The molecule has 0 unspecified atom stereocenters. The van der Waals surface area contributed by atoms with Gasteiger partial charge in [0.2, 0.25) is 5.91 Å². The SMILES string of the molecule is CNCc1ccc(Cl)cc1CNC(=O)Cc1c(C)ccn(CS(=O)(=O)c2ccccc2)c1=O. The van der Waals surface area contributed by atoms with Crippen LogP contribution in [0.4, 0.5) is 0 Å². The van der Waals surface area contributed by atoms with Gasteiger partial charge in [-0.2, -0.15) is 0 Å². The second-order valence-corrected chi connectivity index (χ2v) is 10.1. The number of nitrogens with one attached hydrogen (secondary N) is 2. The van der Waals surface area contributed by atoms with Gasteiger partial charge in [0, 0.05) is 29.9 Å². The number of carbonyl (C=O) groups excluding carboxylic acids is 1. The third-order valence-corrected chi connectivity index (χ3v) is 7.10. The average Bonchev–Trinajstić information content (AvgIpc) is 2.79. The largest absolute Gasteiger partial charge is 0.352 e. The highest BCUT2D eigenvalue weighted by molar-refractivity contribution is 7.90. The van der Waals surface area contributed by atoms with Crippen LogP contribution in [0.25, 0.3) is 0 Å². The number of hydrogen-bond acceptors (Lipinski definition) is 5. The minimum Gasteiger partial charge on any atom is -0.352 e. The fourth-order valence-electron chi connectivity index (χ4n) is 3.45. The predicted octanol–water partition coefficient (Wildman–Crippen LogP) is 2.82. The van der Waals surface area contributed by atoms with Gasteiger partial charge in [-0.1, -0.05) is 35.9 Å². The van der Waals surface area contributed by atoms with Gasteiger partial charge in [-0.05, 0) is 61.0 Å². The van der Waals surface area contributed by atoms with Crippen molar-refractivity contribution in [2.45, 2.75) is 37.2 Å². The zero-order valence-electron chi connectivity index (χ0n) is 18.5. The normalized spacial score (nSPS) is 11.4. The Morgan fingerprint density at radius 2 is 1.76 bits per heavy atom. The minimum absolute atomic E-state index is 0.135. The lowest BCUT2D eigenvalue weighted by Crippen LogP contribution is -2.32. The molecule has 7 nitrogen and oxygen atoms in total. The summed E-state index contributed by atoms with van der Waals surface area (Å²) >= 11 is 6.09. The zero-order chi connectivity index (χ0) is 24.0. The maximum absolute atomic E-state index is 13.0. The lowest BCUT2D eigenvalue weighted by Gasteiger charge is -2.13. The summed E-state index contributed by atoms with van der Waals surface area (Å²) in [5.74, 6) is -0.838. The Morgan fingerprint density at radius 1 is 1.03 bits per heavy atom. The Morgan fingerprint density at radius 3 is 2.45 bits per heavy atom. The molecule has 1 aromatic heterocycles. The summed E-state index contributed by atoms with van der Waals surface area (Å²) in [5, 5.41) is 6.47. The summed E-state index contributed by atoms with van der Waals surface area (Å²) in [6.45, 7) is 2.61. The second-order valence-electron chi connectivity index (χ2n) is 7.71. The molecule has 0 saturated carbocycles. The molecule has 0 radical (unpaired) electrons. The summed E-state index contributed by atoms with van der Waals surface area (Å²) in [7, 11) is -1.88. The monoisotopic (exact) mass is 487 g/mol. The topological polar surface area (TPSA) is 97.3 Å². The summed E-state index contributed by atoms with van der Waals surface area (Å²) in [6.07, 6.45) is 1.29. The zero-order valence-corrected chi connectivity index (χ0v) is 20.0. The van der Waals surface area contributed by atoms with E-state index in [1.165, 1.54) is 18.3 Å². The van der Waals surface area contributed by atoms with Crippen LogP contribution in [0.5, 0.6) is 0 Å². The van der Waals surface area contributed by atoms with Crippen LogP contribution in [0.15, 0.2) is 70.5 Å². The van der Waals surface area contributed by atoms with Crippen molar-refractivity contribution >= 4 is 27.3 Å². The van der Waals surface area contributed by atoms with Gasteiger partial charge in [-0.3, -0.25) is 14.2 Å². The molecule has 0 fully saturated rings. The van der Waals surface area contributed by atoms with Crippen LogP contribution in [0.2, 0.25) is 5.02 Å². The Balaban J connectivity index is 1.76. The lowest BCUT2D eigenvalue weighted by molar-refractivity contribution is -0.120. The number of sulfone groups is 1. The van der Waals surface area contributed by atoms with Crippen LogP contribution in [0.1, 0.15) is 22.3 Å². The highest BCUT2D eigenvalue weighted by Gasteiger charge is 2.18. The Kier molecular flexibility index (Phi) is 8.07. The van der Waals surface area contributed by atoms with Gasteiger partial charge in [0.25, 0.3) is 5.56 Å². The average molecular weight is 488 g/mol. The first kappa shape index (κ1) is 24.7. The maximum atomic E-state index is 13.0. The van der Waals surface area contributed by atoms with E-state index in [4.69, 9.17) is 11.6 Å². The molecule has 0 aliphatic carbocycles. The molecule has 2 N–H and O–H groups in total. The molecule has 33 heavy (non-hydrogen) atoms. The van der Waals surface area contributed by atoms with Crippen LogP contribution >= 0.6 is 11.6 Å². The molecule has 1 heterocycles. The van der Waals surface area contributed by atoms with Gasteiger partial charge in [0.05, 0.1) is 11.3 Å². The van der Waals surface area contributed by atoms with Crippen molar-refractivity contribution in [3.63, 3.8) is 0 Å². The molecular weight excluding hydrogens is 462 g/mol. The van der Waals surface area contributed by atoms with Crippen molar-refractivity contribution in [1.29, 1.82) is 0 Å². The molecule has 174 valence electrons. The summed E-state index contributed by atoms with van der Waals surface area (Å²) in [5.41, 5.74) is 2.28. The summed E-state index contributed by atoms with van der Waals surface area (Å²) in [6, 6.07) is 15.1. The van der Waals surface area contributed by atoms with Crippen molar-refractivity contribution in [2.75, 3.05) is 7.05 Å². The second kappa shape index (κ2) is 10.8. The van der Waals surface area contributed by atoms with Crippen LogP contribution in [-0.2, 0) is 40.0 Å². The number of amides is 1. The maximum Gasteiger partial charge on any atom is 0.255 e. The molecule has 0 aliphatic heterocycles. The molecule has 1 amide bonds. The molecule has 3 aromatic rings. The van der Waals surface area contributed by atoms with E-state index in [2.05, 4.69) is 10.6 Å². The number of aromatic nitrogens is 1. The highest BCUT2D eigenvalue weighted by Crippen LogP contribution is 2.16. The van der Waals surface area contributed by atoms with Gasteiger partial charge in [0.1, 0.15) is 5.88 Å². The van der Waals surface area contributed by atoms with E-state index < -0.39 is 21.3 Å². The van der Waals surface area contributed by atoms with Crippen LogP contribution in [-0.4, -0.2) is 25.9 Å². The van der Waals surface area contributed by atoms with E-state index in [9.17, 15) is 18.0 Å². The van der Waals surface area contributed by atoms with Crippen molar-refractivity contribution in [3.05, 3.63) is 98.4 Å². The molecular formula is C24H26ClN3O4S. The highest BCUT2D eigenvalue weighted by atomic mass is 35.5. The summed E-state index contributed by atoms with van der Waals surface area (Å²) in [4.78, 5) is 25.8. The van der Waals surface area contributed by atoms with Gasteiger partial charge in [-0.15, -0.1) is 0 Å². The first-order chi connectivity index (χ1) is 15.7. The number of hydrogen-bond donors (Lipinski definition) is 2. The smallest absolute Gasteiger partial charge is 0.255 e. The first-order valence-electron chi connectivity index (χ1n) is 10.4. The number of pyridine rings is 1. The van der Waals surface area contributed by atoms with E-state index in [1.54, 1.807) is 43.3 Å². The molecule has 0 atom stereocenters. The molecule has 0 bridgehead atoms. The number of halogens is 1. The van der Waals surface area contributed by atoms with Crippen molar-refractivity contribution in [3.8, 4) is 0 Å². The van der Waals surface area contributed by atoms with Gasteiger partial charge >= 0.3 is 0 Å². The third kappa shape index (κ3) is 6.31. The molecule has 3 rings (SSSR count). The van der Waals surface area contributed by atoms with Crippen LogP contribution < -0.4 is 16.2 Å². The van der Waals surface area contributed by atoms with Gasteiger partial charge in [-0.25, -0.2) is 8.42 Å². The van der Waals surface area contributed by atoms with E-state index >= 15 is 0 Å². The molecule has 9 heteroatoms. The molecule has 0 saturated heterocycles. The summed E-state index contributed by atoms with van der Waals surface area (Å²) < 4.78 is 26.5. The standard InChI is InChI=1S/C24H26ClN3O4S/c1-17-10-11-28(16-33(31,32)21-6-4-3-5-7-21)24(30)22(17)13-23(29)27-15-19-12-20(25)9-8-18(19)14-26-2/h3-12,26H,13-16H2,1-2H3,(H,27,29). The number of nitrogens with zero attached hydrogens (tertiary/aromatic N) is 1. The Bertz CT molecular complexity index is 1310. The van der Waals surface area contributed by atoms with E-state index in [0.717, 1.165) is 15.7 Å². The minimum atomic E-state index is -3.71. The Hall–Kier alpha value is -2.94. The van der Waals surface area contributed by atoms with Gasteiger partial charge in [0.15, 0.2) is 9.84 Å². The van der Waals surface area contributed by atoms with E-state index in [-0.39, 0.29) is 29.3 Å². The predicted molar refractivity (Wildman–Crippen MR) is 129 cm³/mol. The fraction of sp³-hybridized carbons (Fsp3) is 0.250. The number of rotatable bonds is 9. The van der Waals surface area contributed by atoms with Crippen LogP contribution in [0, 0.1) is 6.92 Å². The molecule has 0 spiro atoms. The lowest BCUT2D eigenvalue weighted by atomic mass is 10.1. The van der Waals surface area contributed by atoms with Crippen molar-refractivity contribution < 1.29 is 13.2 Å². The first-order valence-corrected chi connectivity index (χ1v) is 12.4. The quantitative estimate of drug-likeness (QED) is 0.483. The Labute approximate surface area is 198 Å². The van der Waals surface area contributed by atoms with E-state index in [1.807, 2.05) is 13.1 Å². The van der Waals surface area contributed by atoms with Crippen LogP contribution in [0.3, 0.4) is 0 Å². The molecule has 0 aliphatic rings. The number of benzene rings is 2. The molecule has 2 aromatic carbocycles. The fourth-order valence-corrected chi connectivity index (χ4v) is 4.94.